The molecule has 0 bridgehead atoms. The second-order valence-electron chi connectivity index (χ2n) is 2.04. The van der Waals surface area contributed by atoms with Crippen molar-refractivity contribution in [3.05, 3.63) is 24.4 Å². The Hall–Kier alpha value is -1.26. The van der Waals surface area contributed by atoms with Crippen LogP contribution in [0.2, 0.25) is 0 Å². The van der Waals surface area contributed by atoms with Crippen LogP contribution in [0.3, 0.4) is 0 Å². The lowest BCUT2D eigenvalue weighted by Gasteiger charge is -2.12. The zero-order chi connectivity index (χ0) is 9.03. The first-order chi connectivity index (χ1) is 5.64. The van der Waals surface area contributed by atoms with Gasteiger partial charge >= 0.3 is 6.11 Å². The number of pyridine rings is 1. The summed E-state index contributed by atoms with van der Waals surface area (Å²) in [6.07, 6.45) is -2.50. The quantitative estimate of drug-likeness (QED) is 0.704. The van der Waals surface area contributed by atoms with Gasteiger partial charge in [0.05, 0.1) is 0 Å². The van der Waals surface area contributed by atoms with E-state index in [0.29, 0.717) is 0 Å². The van der Waals surface area contributed by atoms with Gasteiger partial charge < -0.3 is 4.74 Å². The smallest absolute Gasteiger partial charge is 0.413 e. The highest BCUT2D eigenvalue weighted by Crippen LogP contribution is 2.18. The van der Waals surface area contributed by atoms with Gasteiger partial charge in [-0.3, -0.25) is 0 Å². The van der Waals surface area contributed by atoms with E-state index >= 15 is 0 Å². The van der Waals surface area contributed by atoms with Gasteiger partial charge in [-0.25, -0.2) is 9.37 Å². The summed E-state index contributed by atoms with van der Waals surface area (Å²) in [6, 6.07) is 4.24. The van der Waals surface area contributed by atoms with Crippen LogP contribution in [0.15, 0.2) is 24.4 Å². The first-order valence-electron chi connectivity index (χ1n) is 3.18. The lowest BCUT2D eigenvalue weighted by molar-refractivity contribution is -0.188. The van der Waals surface area contributed by atoms with Crippen molar-refractivity contribution >= 4 is 0 Å². The summed E-state index contributed by atoms with van der Waals surface area (Å²) in [4.78, 5) is 3.44. The molecule has 0 unspecified atom stereocenters. The average Bonchev–Trinajstić information content (AvgIpc) is 2.06. The number of alkyl halides is 3. The third-order valence-electron chi connectivity index (χ3n) is 1.05. The van der Waals surface area contributed by atoms with E-state index in [9.17, 15) is 13.2 Å². The molecule has 1 aromatic rings. The van der Waals surface area contributed by atoms with E-state index in [2.05, 4.69) is 9.72 Å². The van der Waals surface area contributed by atoms with Gasteiger partial charge in [0.15, 0.2) is 6.67 Å². The fraction of sp³-hybridized carbons (Fsp3) is 0.286. The van der Waals surface area contributed by atoms with Crippen LogP contribution in [0.1, 0.15) is 0 Å². The molecule has 1 rings (SSSR count). The molecule has 0 amide bonds. The maximum atomic E-state index is 12.2. The SMILES string of the molecule is FCC(F)(F)Oc1ccccn1. The third-order valence-corrected chi connectivity index (χ3v) is 1.05. The van der Waals surface area contributed by atoms with Gasteiger partial charge in [-0.15, -0.1) is 0 Å². The average molecular weight is 177 g/mol. The minimum atomic E-state index is -3.78. The van der Waals surface area contributed by atoms with Crippen LogP contribution in [0.4, 0.5) is 13.2 Å². The predicted octanol–water partition coefficient (Wildman–Crippen LogP) is 2.02. The van der Waals surface area contributed by atoms with Gasteiger partial charge in [-0.05, 0) is 6.07 Å². The first-order valence-corrected chi connectivity index (χ1v) is 3.18. The number of halogens is 3. The van der Waals surface area contributed by atoms with Gasteiger partial charge in [0.1, 0.15) is 0 Å². The molecule has 0 aliphatic carbocycles. The Morgan fingerprint density at radius 2 is 2.17 bits per heavy atom. The maximum Gasteiger partial charge on any atom is 0.428 e. The molecule has 66 valence electrons. The fourth-order valence-electron chi connectivity index (χ4n) is 0.588. The lowest BCUT2D eigenvalue weighted by atomic mass is 10.5. The second-order valence-corrected chi connectivity index (χ2v) is 2.04. The third kappa shape index (κ3) is 2.41. The largest absolute Gasteiger partial charge is 0.428 e. The van der Waals surface area contributed by atoms with Gasteiger partial charge in [-0.1, -0.05) is 6.07 Å². The van der Waals surface area contributed by atoms with Crippen LogP contribution in [0, 0.1) is 0 Å². The van der Waals surface area contributed by atoms with Crippen LogP contribution >= 0.6 is 0 Å². The molecule has 0 N–H and O–H groups in total. The van der Waals surface area contributed by atoms with Crippen molar-refractivity contribution in [1.82, 2.24) is 4.98 Å². The Kier molecular flexibility index (Phi) is 2.52. The molecule has 5 heteroatoms. The number of hydrogen-bond donors (Lipinski definition) is 0. The number of ether oxygens (including phenoxy) is 1. The minimum absolute atomic E-state index is 0.292. The summed E-state index contributed by atoms with van der Waals surface area (Å²) in [7, 11) is 0. The Morgan fingerprint density at radius 1 is 1.42 bits per heavy atom. The Bertz CT molecular complexity index is 240. The highest BCUT2D eigenvalue weighted by atomic mass is 19.3. The summed E-state index contributed by atoms with van der Waals surface area (Å²) in [5.74, 6) is -0.292. The Balaban J connectivity index is 2.64. The second kappa shape index (κ2) is 3.42. The molecule has 0 aliphatic heterocycles. The topological polar surface area (TPSA) is 22.1 Å². The van der Waals surface area contributed by atoms with Crippen molar-refractivity contribution in [2.75, 3.05) is 6.67 Å². The molecule has 0 fully saturated rings. The zero-order valence-corrected chi connectivity index (χ0v) is 6.01. The normalized spacial score (nSPS) is 11.2. The van der Waals surface area contributed by atoms with Crippen molar-refractivity contribution in [2.45, 2.75) is 6.11 Å². The highest BCUT2D eigenvalue weighted by Gasteiger charge is 2.31. The molecule has 0 saturated heterocycles. The van der Waals surface area contributed by atoms with Crippen molar-refractivity contribution in [3.8, 4) is 5.88 Å². The zero-order valence-electron chi connectivity index (χ0n) is 6.01. The molecule has 12 heavy (non-hydrogen) atoms. The van der Waals surface area contributed by atoms with Crippen LogP contribution in [0.5, 0.6) is 5.88 Å². The molecule has 1 heterocycles. The highest BCUT2D eigenvalue weighted by molar-refractivity contribution is 5.09. The Labute approximate surface area is 67.0 Å². The van der Waals surface area contributed by atoms with Gasteiger partial charge in [-0.2, -0.15) is 8.78 Å². The number of hydrogen-bond acceptors (Lipinski definition) is 2. The fourth-order valence-corrected chi connectivity index (χ4v) is 0.588. The predicted molar refractivity (Wildman–Crippen MR) is 35.8 cm³/mol. The van der Waals surface area contributed by atoms with Gasteiger partial charge in [0.25, 0.3) is 0 Å². The molecule has 0 spiro atoms. The van der Waals surface area contributed by atoms with E-state index in [1.807, 2.05) is 0 Å². The summed E-state index contributed by atoms with van der Waals surface area (Å²) in [6.45, 7) is -1.86. The molecule has 0 aliphatic rings. The number of nitrogens with zero attached hydrogens (tertiary/aromatic N) is 1. The Morgan fingerprint density at radius 3 is 2.67 bits per heavy atom. The van der Waals surface area contributed by atoms with Gasteiger partial charge in [0, 0.05) is 12.3 Å². The van der Waals surface area contributed by atoms with Crippen molar-refractivity contribution in [1.29, 1.82) is 0 Å². The van der Waals surface area contributed by atoms with Crippen LogP contribution in [-0.4, -0.2) is 17.8 Å². The van der Waals surface area contributed by atoms with Crippen LogP contribution in [0.25, 0.3) is 0 Å². The van der Waals surface area contributed by atoms with E-state index in [1.165, 1.54) is 18.3 Å². The molecule has 0 saturated carbocycles. The standard InChI is InChI=1S/C7H6F3NO/c8-5-7(9,10)12-6-3-1-2-4-11-6/h1-4H,5H2. The van der Waals surface area contributed by atoms with Crippen LogP contribution < -0.4 is 4.74 Å². The van der Waals surface area contributed by atoms with E-state index in [4.69, 9.17) is 0 Å². The monoisotopic (exact) mass is 177 g/mol. The molecule has 2 nitrogen and oxygen atoms in total. The van der Waals surface area contributed by atoms with Gasteiger partial charge in [0.2, 0.25) is 5.88 Å². The van der Waals surface area contributed by atoms with Crippen LogP contribution in [-0.2, 0) is 0 Å². The van der Waals surface area contributed by atoms with Crippen molar-refractivity contribution in [2.24, 2.45) is 0 Å². The summed E-state index contributed by atoms with van der Waals surface area (Å²) >= 11 is 0. The number of aromatic nitrogens is 1. The molecular weight excluding hydrogens is 171 g/mol. The van der Waals surface area contributed by atoms with Crippen molar-refractivity contribution < 1.29 is 17.9 Å². The molecule has 0 radical (unpaired) electrons. The van der Waals surface area contributed by atoms with E-state index in [0.717, 1.165) is 0 Å². The molecule has 0 atom stereocenters. The van der Waals surface area contributed by atoms with Crippen molar-refractivity contribution in [3.63, 3.8) is 0 Å². The summed E-state index contributed by atoms with van der Waals surface area (Å²) in [5.41, 5.74) is 0. The summed E-state index contributed by atoms with van der Waals surface area (Å²) < 4.78 is 39.9. The van der Waals surface area contributed by atoms with E-state index < -0.39 is 12.8 Å². The van der Waals surface area contributed by atoms with E-state index in [-0.39, 0.29) is 5.88 Å². The molecule has 0 aromatic carbocycles. The van der Waals surface area contributed by atoms with E-state index in [1.54, 1.807) is 6.07 Å². The first kappa shape index (κ1) is 8.83. The summed E-state index contributed by atoms with van der Waals surface area (Å²) in [5, 5.41) is 0. The lowest BCUT2D eigenvalue weighted by Crippen LogP contribution is -2.27. The molecular formula is C7H6F3NO. The maximum absolute atomic E-state index is 12.2. The number of rotatable bonds is 3. The molecule has 1 aromatic heterocycles. The minimum Gasteiger partial charge on any atom is -0.413 e.